The van der Waals surface area contributed by atoms with Gasteiger partial charge in [-0.05, 0) is 44.1 Å². The highest BCUT2D eigenvalue weighted by Crippen LogP contribution is 2.41. The van der Waals surface area contributed by atoms with Gasteiger partial charge in [0.25, 0.3) is 0 Å². The molecular formula is C14H22O. The van der Waals surface area contributed by atoms with Crippen molar-refractivity contribution in [1.82, 2.24) is 0 Å². The van der Waals surface area contributed by atoms with E-state index in [4.69, 9.17) is 0 Å². The Labute approximate surface area is 92.9 Å². The van der Waals surface area contributed by atoms with Gasteiger partial charge in [0.05, 0.1) is 0 Å². The molecule has 0 heterocycles. The number of carbonyl (C=O) groups excluding carboxylic acids is 1. The summed E-state index contributed by atoms with van der Waals surface area (Å²) in [6.07, 6.45) is 12.9. The summed E-state index contributed by atoms with van der Waals surface area (Å²) in [6.45, 7) is 2.17. The number of ketones is 1. The Balaban J connectivity index is 2.08. The molecule has 1 fully saturated rings. The lowest BCUT2D eigenvalue weighted by Crippen LogP contribution is -2.25. The Bertz CT molecular complexity index is 269. The lowest BCUT2D eigenvalue weighted by molar-refractivity contribution is -0.123. The first-order valence-electron chi connectivity index (χ1n) is 6.46. The molecule has 0 aromatic heterocycles. The largest absolute Gasteiger partial charge is 0.294 e. The Kier molecular flexibility index (Phi) is 3.28. The van der Waals surface area contributed by atoms with Crippen LogP contribution in [0.15, 0.2) is 11.6 Å². The topological polar surface area (TPSA) is 17.1 Å². The molecule has 0 N–H and O–H groups in total. The van der Waals surface area contributed by atoms with Crippen LogP contribution < -0.4 is 0 Å². The summed E-state index contributed by atoms with van der Waals surface area (Å²) in [5, 5.41) is 0. The molecule has 1 saturated carbocycles. The van der Waals surface area contributed by atoms with Gasteiger partial charge in [-0.25, -0.2) is 0 Å². The highest BCUT2D eigenvalue weighted by molar-refractivity contribution is 5.99. The second-order valence-corrected chi connectivity index (χ2v) is 5.43. The van der Waals surface area contributed by atoms with Crippen molar-refractivity contribution in [3.63, 3.8) is 0 Å². The number of Topliss-reactive ketones (excluding diaryl/α,β-unsaturated/α-hetero) is 1. The number of allylic oxidation sites excluding steroid dienone is 2. The minimum Gasteiger partial charge on any atom is -0.294 e. The molecule has 0 unspecified atom stereocenters. The minimum atomic E-state index is -0.00380. The van der Waals surface area contributed by atoms with Crippen LogP contribution in [0.25, 0.3) is 0 Å². The Hall–Kier alpha value is -0.590. The molecule has 84 valence electrons. The van der Waals surface area contributed by atoms with Crippen LogP contribution in [0.3, 0.4) is 0 Å². The average molecular weight is 206 g/mol. The maximum atomic E-state index is 12.4. The molecule has 0 aliphatic heterocycles. The van der Waals surface area contributed by atoms with Crippen molar-refractivity contribution in [3.05, 3.63) is 11.6 Å². The number of hydrogen-bond acceptors (Lipinski definition) is 1. The predicted octanol–water partition coefficient (Wildman–Crippen LogP) is 4.03. The monoisotopic (exact) mass is 206 g/mol. The third-order valence-electron chi connectivity index (χ3n) is 4.09. The van der Waals surface area contributed by atoms with Crippen LogP contribution in [-0.4, -0.2) is 5.78 Å². The molecule has 0 radical (unpaired) electrons. The Morgan fingerprint density at radius 3 is 2.60 bits per heavy atom. The van der Waals surface area contributed by atoms with Crippen LogP contribution in [0.2, 0.25) is 0 Å². The van der Waals surface area contributed by atoms with E-state index >= 15 is 0 Å². The molecule has 0 spiro atoms. The fourth-order valence-corrected chi connectivity index (χ4v) is 2.99. The fraction of sp³-hybridized carbons (Fsp3) is 0.786. The van der Waals surface area contributed by atoms with Gasteiger partial charge in [-0.15, -0.1) is 0 Å². The molecule has 0 amide bonds. The van der Waals surface area contributed by atoms with Crippen LogP contribution >= 0.6 is 0 Å². The van der Waals surface area contributed by atoms with Gasteiger partial charge < -0.3 is 0 Å². The minimum absolute atomic E-state index is 0.00380. The van der Waals surface area contributed by atoms with Crippen LogP contribution in [0, 0.1) is 5.41 Å². The van der Waals surface area contributed by atoms with E-state index in [0.717, 1.165) is 31.3 Å². The van der Waals surface area contributed by atoms with Crippen molar-refractivity contribution in [1.29, 1.82) is 0 Å². The summed E-state index contributed by atoms with van der Waals surface area (Å²) in [4.78, 5) is 12.4. The summed E-state index contributed by atoms with van der Waals surface area (Å²) in [5.41, 5.74) is 1.15. The molecule has 2 aliphatic carbocycles. The van der Waals surface area contributed by atoms with Crippen molar-refractivity contribution in [2.45, 2.75) is 64.7 Å². The standard InChI is InChI=1S/C14H22O/c1-14(10-6-7-11-14)13(15)12-8-4-2-3-5-9-12/h8H,2-7,9-11H2,1H3. The van der Waals surface area contributed by atoms with Crippen molar-refractivity contribution in [2.24, 2.45) is 5.41 Å². The second-order valence-electron chi connectivity index (χ2n) is 5.43. The number of hydrogen-bond donors (Lipinski definition) is 0. The van der Waals surface area contributed by atoms with Crippen LogP contribution in [-0.2, 0) is 4.79 Å². The van der Waals surface area contributed by atoms with Crippen LogP contribution in [0.4, 0.5) is 0 Å². The van der Waals surface area contributed by atoms with Crippen LogP contribution in [0.1, 0.15) is 64.7 Å². The van der Waals surface area contributed by atoms with Crippen LogP contribution in [0.5, 0.6) is 0 Å². The SMILES string of the molecule is CC1(C(=O)C2=CCCCCC2)CCCC1. The van der Waals surface area contributed by atoms with E-state index in [1.54, 1.807) is 0 Å². The first-order chi connectivity index (χ1) is 7.22. The summed E-state index contributed by atoms with van der Waals surface area (Å²) < 4.78 is 0. The molecular weight excluding hydrogens is 184 g/mol. The maximum Gasteiger partial charge on any atom is 0.164 e. The molecule has 0 aromatic rings. The Morgan fingerprint density at radius 1 is 1.13 bits per heavy atom. The first kappa shape index (κ1) is 10.9. The molecule has 1 nitrogen and oxygen atoms in total. The third-order valence-corrected chi connectivity index (χ3v) is 4.09. The van der Waals surface area contributed by atoms with Crippen molar-refractivity contribution < 1.29 is 4.79 Å². The highest BCUT2D eigenvalue weighted by Gasteiger charge is 2.37. The van der Waals surface area contributed by atoms with Gasteiger partial charge in [-0.2, -0.15) is 0 Å². The normalized spacial score (nSPS) is 25.8. The van der Waals surface area contributed by atoms with E-state index in [1.165, 1.54) is 32.1 Å². The zero-order valence-electron chi connectivity index (χ0n) is 9.85. The summed E-state index contributed by atoms with van der Waals surface area (Å²) in [5.74, 6) is 0.474. The highest BCUT2D eigenvalue weighted by atomic mass is 16.1. The molecule has 0 bridgehead atoms. The van der Waals surface area contributed by atoms with Gasteiger partial charge in [-0.1, -0.05) is 32.3 Å². The molecule has 0 atom stereocenters. The third kappa shape index (κ3) is 2.32. The fourth-order valence-electron chi connectivity index (χ4n) is 2.99. The predicted molar refractivity (Wildman–Crippen MR) is 62.8 cm³/mol. The molecule has 15 heavy (non-hydrogen) atoms. The number of carbonyl (C=O) groups is 1. The quantitative estimate of drug-likeness (QED) is 0.666. The maximum absolute atomic E-state index is 12.4. The Morgan fingerprint density at radius 2 is 1.87 bits per heavy atom. The lowest BCUT2D eigenvalue weighted by Gasteiger charge is -2.23. The van der Waals surface area contributed by atoms with Gasteiger partial charge in [0.2, 0.25) is 0 Å². The smallest absolute Gasteiger partial charge is 0.164 e. The molecule has 0 aromatic carbocycles. The molecule has 1 heteroatoms. The summed E-state index contributed by atoms with van der Waals surface area (Å²) >= 11 is 0. The van der Waals surface area contributed by atoms with Crippen molar-refractivity contribution in [2.75, 3.05) is 0 Å². The van der Waals surface area contributed by atoms with Gasteiger partial charge in [0.15, 0.2) is 5.78 Å². The first-order valence-corrected chi connectivity index (χ1v) is 6.46. The average Bonchev–Trinajstić information content (AvgIpc) is 2.54. The summed E-state index contributed by atoms with van der Waals surface area (Å²) in [6, 6.07) is 0. The van der Waals surface area contributed by atoms with Crippen molar-refractivity contribution >= 4 is 5.78 Å². The van der Waals surface area contributed by atoms with Gasteiger partial charge in [0, 0.05) is 5.41 Å². The van der Waals surface area contributed by atoms with E-state index < -0.39 is 0 Å². The van der Waals surface area contributed by atoms with E-state index in [0.29, 0.717) is 5.78 Å². The van der Waals surface area contributed by atoms with Gasteiger partial charge >= 0.3 is 0 Å². The van der Waals surface area contributed by atoms with Gasteiger partial charge in [0.1, 0.15) is 0 Å². The van der Waals surface area contributed by atoms with Gasteiger partial charge in [-0.3, -0.25) is 4.79 Å². The van der Waals surface area contributed by atoms with E-state index in [9.17, 15) is 4.79 Å². The summed E-state index contributed by atoms with van der Waals surface area (Å²) in [7, 11) is 0. The molecule has 2 aliphatic rings. The van der Waals surface area contributed by atoms with E-state index in [-0.39, 0.29) is 5.41 Å². The zero-order chi connectivity index (χ0) is 10.7. The second kappa shape index (κ2) is 4.51. The zero-order valence-corrected chi connectivity index (χ0v) is 9.85. The van der Waals surface area contributed by atoms with Crippen molar-refractivity contribution in [3.8, 4) is 0 Å². The van der Waals surface area contributed by atoms with E-state index in [2.05, 4.69) is 13.0 Å². The molecule has 2 rings (SSSR count). The molecule has 0 saturated heterocycles. The number of rotatable bonds is 2. The van der Waals surface area contributed by atoms with E-state index in [1.807, 2.05) is 0 Å². The lowest BCUT2D eigenvalue weighted by atomic mass is 9.79.